The summed E-state index contributed by atoms with van der Waals surface area (Å²) in [6, 6.07) is 11.9. The molecule has 2 aliphatic heterocycles. The smallest absolute Gasteiger partial charge is 0.508 e. The molecule has 0 spiro atoms. The number of allylic oxidation sites excluding steroid dienone is 5. The Morgan fingerprint density at radius 2 is 1.85 bits per heavy atom. The monoisotopic (exact) mass is 662 g/mol. The van der Waals surface area contributed by atoms with E-state index >= 15 is 0 Å². The predicted octanol–water partition coefficient (Wildman–Crippen LogP) is 6.80. The number of phenolic OH excluding ortho intramolecular Hbond substituents is 1. The van der Waals surface area contributed by atoms with Gasteiger partial charge in [0.25, 0.3) is 0 Å². The molecule has 3 atom stereocenters. The van der Waals surface area contributed by atoms with Crippen molar-refractivity contribution in [3.05, 3.63) is 106 Å². The van der Waals surface area contributed by atoms with E-state index in [1.54, 1.807) is 41.4 Å². The summed E-state index contributed by atoms with van der Waals surface area (Å²) in [6.45, 7) is 3.03. The average Bonchev–Trinajstić information content (AvgIpc) is 3.88. The van der Waals surface area contributed by atoms with Gasteiger partial charge < -0.3 is 20.1 Å². The molecule has 2 N–H and O–H groups in total. The molecule has 2 aromatic carbocycles. The maximum absolute atomic E-state index is 14.4. The van der Waals surface area contributed by atoms with Gasteiger partial charge in [0.05, 0.1) is 12.6 Å². The lowest BCUT2D eigenvalue weighted by atomic mass is 9.86. The second kappa shape index (κ2) is 13.9. The minimum Gasteiger partial charge on any atom is -0.508 e. The van der Waals surface area contributed by atoms with Crippen LogP contribution in [-0.2, 0) is 17.6 Å². The molecule has 0 bridgehead atoms. The number of aromatic hydroxyl groups is 1. The molecule has 0 aromatic heterocycles. The number of likely N-dealkylation sites (N-methyl/N-ethyl adjacent to an activating group) is 1. The van der Waals surface area contributed by atoms with E-state index in [0.29, 0.717) is 43.0 Å². The Morgan fingerprint density at radius 3 is 2.56 bits per heavy atom. The van der Waals surface area contributed by atoms with Crippen LogP contribution in [0.25, 0.3) is 0 Å². The zero-order valence-electron chi connectivity index (χ0n) is 27.2. The number of Topliss-reactive ketones (excluding diaryl/α,β-unsaturated/α-hetero) is 1. The van der Waals surface area contributed by atoms with E-state index in [-0.39, 0.29) is 36.2 Å². The summed E-state index contributed by atoms with van der Waals surface area (Å²) < 4.78 is 43.4. The highest BCUT2D eigenvalue weighted by molar-refractivity contribution is 6.01. The second-order valence-electron chi connectivity index (χ2n) is 13.0. The first-order chi connectivity index (χ1) is 23.0. The maximum atomic E-state index is 14.4. The predicted molar refractivity (Wildman–Crippen MR) is 176 cm³/mol. The zero-order valence-corrected chi connectivity index (χ0v) is 27.2. The first-order valence-corrected chi connectivity index (χ1v) is 16.4. The number of piperidine rings is 1. The Hall–Kier alpha value is -4.51. The number of hydrogen-bond donors (Lipinski definition) is 2. The molecule has 8 nitrogen and oxygen atoms in total. The lowest BCUT2D eigenvalue weighted by Gasteiger charge is -2.55. The Bertz CT molecular complexity index is 1660. The number of para-hydroxylation sites is 1. The minimum absolute atomic E-state index is 0.0732. The SMILES string of the molecule is CC1C=CC=C(CNC(=O)N2[C@H]3C/C(=C\CCc4ccccc4OC(F)(F)F)C(=O)[C@H](Cc4ccc(O)cc4)N3C(=C3CC3)CN2C)C1. The molecule has 2 aromatic rings. The summed E-state index contributed by atoms with van der Waals surface area (Å²) in [5.74, 6) is 0.191. The molecule has 1 saturated carbocycles. The van der Waals surface area contributed by atoms with E-state index in [4.69, 9.17) is 0 Å². The lowest BCUT2D eigenvalue weighted by molar-refractivity contribution is -0.274. The lowest BCUT2D eigenvalue weighted by Crippen LogP contribution is -2.69. The van der Waals surface area contributed by atoms with E-state index < -0.39 is 18.6 Å². The molecule has 2 aliphatic carbocycles. The molecule has 2 amide bonds. The fourth-order valence-corrected chi connectivity index (χ4v) is 6.95. The van der Waals surface area contributed by atoms with Crippen molar-refractivity contribution in [3.8, 4) is 11.5 Å². The Kier molecular flexibility index (Phi) is 9.68. The van der Waals surface area contributed by atoms with E-state index in [9.17, 15) is 27.9 Å². The third-order valence-corrected chi connectivity index (χ3v) is 9.33. The van der Waals surface area contributed by atoms with Crippen LogP contribution in [0.2, 0.25) is 0 Å². The number of carbonyl (C=O) groups excluding carboxylic acids is 2. The van der Waals surface area contributed by atoms with Gasteiger partial charge in [0.15, 0.2) is 5.78 Å². The van der Waals surface area contributed by atoms with Gasteiger partial charge in [0.2, 0.25) is 0 Å². The normalized spacial score (nSPS) is 23.7. The second-order valence-corrected chi connectivity index (χ2v) is 13.0. The highest BCUT2D eigenvalue weighted by atomic mass is 19.4. The number of aryl methyl sites for hydroxylation is 1. The van der Waals surface area contributed by atoms with Crippen molar-refractivity contribution in [2.75, 3.05) is 20.1 Å². The van der Waals surface area contributed by atoms with Crippen LogP contribution in [0.4, 0.5) is 18.0 Å². The van der Waals surface area contributed by atoms with Crippen molar-refractivity contribution in [2.45, 2.75) is 70.4 Å². The molecular formula is C37H41F3N4O4. The van der Waals surface area contributed by atoms with Crippen molar-refractivity contribution in [1.82, 2.24) is 20.2 Å². The van der Waals surface area contributed by atoms with Crippen LogP contribution in [0.15, 0.2) is 95.3 Å². The fraction of sp³-hybridized carbons (Fsp3) is 0.405. The van der Waals surface area contributed by atoms with Crippen molar-refractivity contribution >= 4 is 11.8 Å². The number of nitrogens with one attached hydrogen (secondary N) is 1. The van der Waals surface area contributed by atoms with Gasteiger partial charge >= 0.3 is 12.4 Å². The minimum atomic E-state index is -4.81. The van der Waals surface area contributed by atoms with Gasteiger partial charge in [-0.05, 0) is 78.5 Å². The van der Waals surface area contributed by atoms with Gasteiger partial charge in [-0.1, -0.05) is 67.1 Å². The van der Waals surface area contributed by atoms with Crippen LogP contribution in [-0.4, -0.2) is 70.5 Å². The van der Waals surface area contributed by atoms with Crippen LogP contribution in [0, 0.1) is 5.92 Å². The first-order valence-electron chi connectivity index (χ1n) is 16.4. The summed E-state index contributed by atoms with van der Waals surface area (Å²) in [5.41, 5.74) is 5.27. The summed E-state index contributed by atoms with van der Waals surface area (Å²) in [6.07, 6.45) is 6.63. The number of ether oxygens (including phenoxy) is 1. The number of hydrogen-bond acceptors (Lipinski definition) is 6. The van der Waals surface area contributed by atoms with E-state index in [2.05, 4.69) is 28.0 Å². The largest absolute Gasteiger partial charge is 0.573 e. The Labute approximate surface area is 278 Å². The molecule has 4 aliphatic rings. The highest BCUT2D eigenvalue weighted by Crippen LogP contribution is 2.42. The molecule has 2 heterocycles. The number of alkyl halides is 3. The number of fused-ring (bicyclic) bond motifs is 1. The maximum Gasteiger partial charge on any atom is 0.573 e. The summed E-state index contributed by atoms with van der Waals surface area (Å²) in [5, 5.41) is 16.6. The third-order valence-electron chi connectivity index (χ3n) is 9.33. The topological polar surface area (TPSA) is 85.3 Å². The van der Waals surface area contributed by atoms with Gasteiger partial charge in [-0.2, -0.15) is 0 Å². The zero-order chi connectivity index (χ0) is 34.0. The molecule has 0 radical (unpaired) electrons. The van der Waals surface area contributed by atoms with Crippen LogP contribution in [0.3, 0.4) is 0 Å². The number of amides is 2. The molecule has 1 unspecified atom stereocenters. The Morgan fingerprint density at radius 1 is 1.10 bits per heavy atom. The van der Waals surface area contributed by atoms with Gasteiger partial charge in [0, 0.05) is 32.1 Å². The molecular weight excluding hydrogens is 621 g/mol. The summed E-state index contributed by atoms with van der Waals surface area (Å²) >= 11 is 0. The van der Waals surface area contributed by atoms with Gasteiger partial charge in [0.1, 0.15) is 17.7 Å². The highest BCUT2D eigenvalue weighted by Gasteiger charge is 2.49. The molecule has 3 fully saturated rings. The number of hydrazine groups is 1. The van der Waals surface area contributed by atoms with Gasteiger partial charge in [-0.25, -0.2) is 14.8 Å². The first kappa shape index (κ1) is 33.4. The van der Waals surface area contributed by atoms with E-state index in [1.165, 1.54) is 17.7 Å². The van der Waals surface area contributed by atoms with E-state index in [1.807, 2.05) is 30.3 Å². The van der Waals surface area contributed by atoms with Crippen molar-refractivity contribution in [1.29, 1.82) is 0 Å². The van der Waals surface area contributed by atoms with Crippen molar-refractivity contribution < 1.29 is 32.6 Å². The number of rotatable bonds is 8. The van der Waals surface area contributed by atoms with Crippen LogP contribution >= 0.6 is 0 Å². The van der Waals surface area contributed by atoms with Crippen LogP contribution < -0.4 is 10.1 Å². The number of ketones is 1. The van der Waals surface area contributed by atoms with Gasteiger partial charge in [-0.3, -0.25) is 4.79 Å². The quantitative estimate of drug-likeness (QED) is 0.303. The summed E-state index contributed by atoms with van der Waals surface area (Å²) in [7, 11) is 1.89. The molecule has 48 heavy (non-hydrogen) atoms. The van der Waals surface area contributed by atoms with Gasteiger partial charge in [-0.15, -0.1) is 13.2 Å². The fourth-order valence-electron chi connectivity index (χ4n) is 6.95. The molecule has 254 valence electrons. The van der Waals surface area contributed by atoms with E-state index in [0.717, 1.165) is 36.1 Å². The number of nitrogens with zero attached hydrogens (tertiary/aromatic N) is 3. The molecule has 2 saturated heterocycles. The molecule has 6 rings (SSSR count). The number of halogens is 3. The molecule has 11 heteroatoms. The standard InChI is InChI=1S/C37H41F3N4O4/c1-24-7-5-8-26(19-24)22-41-36(47)44-34-21-29(11-6-10-28-9-3-4-12-33(28)48-37(38,39)40)35(46)31(20-25-13-17-30(45)18-14-25)43(34)32(23-42(44)2)27-15-16-27/h3-5,7-9,11-14,17-18,24,31,34,45H,6,10,15-16,19-23H2,1-2H3,(H,41,47)/b29-11+/t24?,31-,34-/m0/s1. The summed E-state index contributed by atoms with van der Waals surface area (Å²) in [4.78, 5) is 30.5. The van der Waals surface area contributed by atoms with Crippen molar-refractivity contribution in [2.24, 2.45) is 5.92 Å². The third kappa shape index (κ3) is 7.78. The average molecular weight is 663 g/mol. The van der Waals surface area contributed by atoms with Crippen molar-refractivity contribution in [3.63, 3.8) is 0 Å². The number of urea groups is 1. The van der Waals surface area contributed by atoms with Crippen LogP contribution in [0.1, 0.15) is 50.2 Å². The van der Waals surface area contributed by atoms with Crippen LogP contribution in [0.5, 0.6) is 11.5 Å². The number of carbonyl (C=O) groups is 2. The number of phenols is 1. The number of benzene rings is 2. The Balaban J connectivity index is 1.30.